The molecular weight excluding hydrogens is 202 g/mol. The summed E-state index contributed by atoms with van der Waals surface area (Å²) in [6, 6.07) is 3.75. The minimum Gasteiger partial charge on any atom is -0.379 e. The second-order valence-electron chi connectivity index (χ2n) is 4.53. The highest BCUT2D eigenvalue weighted by Gasteiger charge is 2.17. The maximum atomic E-state index is 11.7. The van der Waals surface area contributed by atoms with Gasteiger partial charge in [-0.3, -0.25) is 9.78 Å². The summed E-state index contributed by atoms with van der Waals surface area (Å²) in [6.07, 6.45) is 5.22. The molecule has 0 unspecified atom stereocenters. The molecule has 0 saturated heterocycles. The monoisotopic (exact) mass is 221 g/mol. The van der Waals surface area contributed by atoms with Crippen LogP contribution in [0, 0.1) is 0 Å². The fraction of sp³-hybridized carbons (Fsp3) is 0.538. The third kappa shape index (κ3) is 4.53. The van der Waals surface area contributed by atoms with Gasteiger partial charge < -0.3 is 4.74 Å². The molecule has 0 radical (unpaired) electrons. The molecule has 1 aromatic rings. The first kappa shape index (κ1) is 12.8. The number of hydrogen-bond donors (Lipinski definition) is 0. The molecule has 0 bridgehead atoms. The molecule has 1 heterocycles. The smallest absolute Gasteiger partial charge is 0.137 e. The van der Waals surface area contributed by atoms with Gasteiger partial charge in [-0.1, -0.05) is 0 Å². The lowest BCUT2D eigenvalue weighted by atomic mass is 9.98. The summed E-state index contributed by atoms with van der Waals surface area (Å²) in [4.78, 5) is 15.6. The molecule has 0 aliphatic carbocycles. The van der Waals surface area contributed by atoms with Gasteiger partial charge in [0.1, 0.15) is 5.78 Å². The molecule has 0 amide bonds. The molecule has 0 fully saturated rings. The summed E-state index contributed by atoms with van der Waals surface area (Å²) in [5.74, 6) is 0.247. The van der Waals surface area contributed by atoms with Crippen LogP contribution in [0.5, 0.6) is 0 Å². The van der Waals surface area contributed by atoms with Crippen LogP contribution in [0.25, 0.3) is 0 Å². The number of carbonyl (C=O) groups excluding carboxylic acids is 1. The number of rotatable bonds is 6. The molecular formula is C13H19NO2. The van der Waals surface area contributed by atoms with Gasteiger partial charge in [-0.05, 0) is 38.0 Å². The summed E-state index contributed by atoms with van der Waals surface area (Å²) in [7, 11) is 1.67. The number of hydrogen-bond acceptors (Lipinski definition) is 3. The van der Waals surface area contributed by atoms with E-state index in [2.05, 4.69) is 4.98 Å². The fourth-order valence-electron chi connectivity index (χ4n) is 1.36. The zero-order chi connectivity index (χ0) is 12.0. The molecule has 0 saturated carbocycles. The normalized spacial score (nSPS) is 11.4. The van der Waals surface area contributed by atoms with Gasteiger partial charge in [-0.25, -0.2) is 0 Å². The minimum atomic E-state index is -0.214. The molecule has 0 spiro atoms. The van der Waals surface area contributed by atoms with E-state index in [1.165, 1.54) is 0 Å². The van der Waals surface area contributed by atoms with Crippen molar-refractivity contribution in [2.24, 2.45) is 0 Å². The molecule has 0 aliphatic heterocycles. The second-order valence-corrected chi connectivity index (χ2v) is 4.53. The highest BCUT2D eigenvalue weighted by Crippen LogP contribution is 2.16. The molecule has 0 N–H and O–H groups in total. The van der Waals surface area contributed by atoms with E-state index < -0.39 is 0 Å². The lowest BCUT2D eigenvalue weighted by Gasteiger charge is -2.22. The number of Topliss-reactive ketones (excluding diaryl/α,β-unsaturated/α-hetero) is 1. The number of pyridine rings is 1. The molecule has 0 atom stereocenters. The van der Waals surface area contributed by atoms with E-state index >= 15 is 0 Å². The van der Waals surface area contributed by atoms with Crippen molar-refractivity contribution in [1.82, 2.24) is 4.98 Å². The Balaban J connectivity index is 2.38. The predicted octanol–water partition coefficient (Wildman–Crippen LogP) is 2.40. The molecule has 88 valence electrons. The van der Waals surface area contributed by atoms with E-state index in [1.54, 1.807) is 19.5 Å². The van der Waals surface area contributed by atoms with E-state index in [4.69, 9.17) is 4.74 Å². The van der Waals surface area contributed by atoms with E-state index in [1.807, 2.05) is 26.0 Å². The molecule has 0 aromatic carbocycles. The fourth-order valence-corrected chi connectivity index (χ4v) is 1.36. The average molecular weight is 221 g/mol. The zero-order valence-corrected chi connectivity index (χ0v) is 10.2. The van der Waals surface area contributed by atoms with Gasteiger partial charge in [0.15, 0.2) is 0 Å². The van der Waals surface area contributed by atoms with Crippen molar-refractivity contribution in [2.45, 2.75) is 38.7 Å². The zero-order valence-electron chi connectivity index (χ0n) is 10.2. The first-order valence-electron chi connectivity index (χ1n) is 5.49. The van der Waals surface area contributed by atoms with Crippen LogP contribution in [0.3, 0.4) is 0 Å². The lowest BCUT2D eigenvalue weighted by Crippen LogP contribution is -2.23. The largest absolute Gasteiger partial charge is 0.379 e. The molecule has 0 aliphatic rings. The quantitative estimate of drug-likeness (QED) is 0.740. The van der Waals surface area contributed by atoms with Crippen molar-refractivity contribution >= 4 is 5.78 Å². The molecule has 16 heavy (non-hydrogen) atoms. The lowest BCUT2D eigenvalue weighted by molar-refractivity contribution is -0.119. The van der Waals surface area contributed by atoms with Crippen molar-refractivity contribution in [3.05, 3.63) is 30.1 Å². The number of ketones is 1. The summed E-state index contributed by atoms with van der Waals surface area (Å²) in [5.41, 5.74) is 0.809. The first-order valence-corrected chi connectivity index (χ1v) is 5.49. The second kappa shape index (κ2) is 5.75. The maximum Gasteiger partial charge on any atom is 0.137 e. The van der Waals surface area contributed by atoms with Crippen LogP contribution in [0.2, 0.25) is 0 Å². The molecule has 1 rings (SSSR count). The van der Waals surface area contributed by atoms with Gasteiger partial charge in [-0.2, -0.15) is 0 Å². The predicted molar refractivity (Wildman–Crippen MR) is 63.3 cm³/mol. The number of aromatic nitrogens is 1. The summed E-state index contributed by atoms with van der Waals surface area (Å²) in [5, 5.41) is 0. The Morgan fingerprint density at radius 3 is 2.56 bits per heavy atom. The summed E-state index contributed by atoms with van der Waals surface area (Å²) >= 11 is 0. The van der Waals surface area contributed by atoms with Crippen LogP contribution in [0.4, 0.5) is 0 Å². The highest BCUT2D eigenvalue weighted by atomic mass is 16.5. The van der Waals surface area contributed by atoms with Gasteiger partial charge in [0.2, 0.25) is 0 Å². The third-order valence-corrected chi connectivity index (χ3v) is 2.71. The van der Waals surface area contributed by atoms with Gasteiger partial charge in [0.05, 0.1) is 5.60 Å². The number of ether oxygens (including phenoxy) is 1. The average Bonchev–Trinajstić information content (AvgIpc) is 2.28. The van der Waals surface area contributed by atoms with Crippen molar-refractivity contribution in [3.8, 4) is 0 Å². The van der Waals surface area contributed by atoms with Crippen molar-refractivity contribution in [3.63, 3.8) is 0 Å². The van der Waals surface area contributed by atoms with Crippen molar-refractivity contribution < 1.29 is 9.53 Å². The van der Waals surface area contributed by atoms with Crippen LogP contribution < -0.4 is 0 Å². The van der Waals surface area contributed by atoms with Crippen LogP contribution in [-0.4, -0.2) is 23.5 Å². The Bertz CT molecular complexity index is 333. The highest BCUT2D eigenvalue weighted by molar-refractivity contribution is 5.80. The SMILES string of the molecule is COC(C)(C)CCC(=O)Cc1ccncc1. The minimum absolute atomic E-state index is 0.214. The summed E-state index contributed by atoms with van der Waals surface area (Å²) in [6.45, 7) is 3.99. The topological polar surface area (TPSA) is 39.2 Å². The van der Waals surface area contributed by atoms with Gasteiger partial charge in [0.25, 0.3) is 0 Å². The van der Waals surface area contributed by atoms with Gasteiger partial charge in [0, 0.05) is 32.3 Å². The molecule has 3 heteroatoms. The Hall–Kier alpha value is -1.22. The van der Waals surface area contributed by atoms with E-state index in [9.17, 15) is 4.79 Å². The van der Waals surface area contributed by atoms with E-state index in [0.717, 1.165) is 12.0 Å². The van der Waals surface area contributed by atoms with Crippen LogP contribution in [-0.2, 0) is 16.0 Å². The number of methoxy groups -OCH3 is 1. The van der Waals surface area contributed by atoms with E-state index in [-0.39, 0.29) is 11.4 Å². The Morgan fingerprint density at radius 1 is 1.38 bits per heavy atom. The van der Waals surface area contributed by atoms with Crippen LogP contribution >= 0.6 is 0 Å². The van der Waals surface area contributed by atoms with Crippen LogP contribution in [0.15, 0.2) is 24.5 Å². The van der Waals surface area contributed by atoms with E-state index in [0.29, 0.717) is 12.8 Å². The Labute approximate surface area is 96.8 Å². The van der Waals surface area contributed by atoms with Crippen LogP contribution in [0.1, 0.15) is 32.3 Å². The maximum absolute atomic E-state index is 11.7. The first-order chi connectivity index (χ1) is 7.53. The Kier molecular flexibility index (Phi) is 4.62. The van der Waals surface area contributed by atoms with Gasteiger partial charge >= 0.3 is 0 Å². The standard InChI is InChI=1S/C13H19NO2/c1-13(2,16-3)7-4-12(15)10-11-5-8-14-9-6-11/h5-6,8-9H,4,7,10H2,1-3H3. The molecule has 1 aromatic heterocycles. The molecule has 3 nitrogen and oxygen atoms in total. The third-order valence-electron chi connectivity index (χ3n) is 2.71. The van der Waals surface area contributed by atoms with Crippen molar-refractivity contribution in [2.75, 3.05) is 7.11 Å². The number of nitrogens with zero attached hydrogens (tertiary/aromatic N) is 1. The number of carbonyl (C=O) groups is 1. The Morgan fingerprint density at radius 2 is 2.00 bits per heavy atom. The summed E-state index contributed by atoms with van der Waals surface area (Å²) < 4.78 is 5.28. The van der Waals surface area contributed by atoms with Gasteiger partial charge in [-0.15, -0.1) is 0 Å². The van der Waals surface area contributed by atoms with Crippen molar-refractivity contribution in [1.29, 1.82) is 0 Å².